The molecule has 0 aromatic heterocycles. The molecule has 166 valence electrons. The Balaban J connectivity index is 1.91. The Labute approximate surface area is 192 Å². The maximum atomic E-state index is 13.6. The Morgan fingerprint density at radius 1 is 1.06 bits per heavy atom. The van der Waals surface area contributed by atoms with E-state index in [1.54, 1.807) is 0 Å². The Bertz CT molecular complexity index is 915. The fourth-order valence-electron chi connectivity index (χ4n) is 4.43. The van der Waals surface area contributed by atoms with Gasteiger partial charge in [0.15, 0.2) is 0 Å². The predicted molar refractivity (Wildman–Crippen MR) is 128 cm³/mol. The van der Waals surface area contributed by atoms with Crippen LogP contribution in [0.4, 0.5) is 16.2 Å². The third kappa shape index (κ3) is 4.87. The van der Waals surface area contributed by atoms with E-state index in [0.29, 0.717) is 30.3 Å². The van der Waals surface area contributed by atoms with Gasteiger partial charge in [0.2, 0.25) is 0 Å². The Morgan fingerprint density at radius 3 is 2.29 bits per heavy atom. The first-order valence-corrected chi connectivity index (χ1v) is 11.9. The molecular formula is C24H30BrN3O3. The molecule has 1 aliphatic rings. The van der Waals surface area contributed by atoms with Crippen molar-refractivity contribution in [1.82, 2.24) is 4.90 Å². The largest absolute Gasteiger partial charge is 0.465 e. The van der Waals surface area contributed by atoms with Crippen LogP contribution < -0.4 is 10.2 Å². The third-order valence-electron chi connectivity index (χ3n) is 6.14. The van der Waals surface area contributed by atoms with Gasteiger partial charge in [-0.25, -0.2) is 4.79 Å². The second-order valence-electron chi connectivity index (χ2n) is 7.77. The Hall–Kier alpha value is -2.54. The number of nitrogens with zero attached hydrogens (tertiary/aromatic N) is 2. The first-order valence-electron chi connectivity index (χ1n) is 10.7. The number of hydrogen-bond donors (Lipinski definition) is 2. The minimum absolute atomic E-state index is 0.242. The van der Waals surface area contributed by atoms with Crippen LogP contribution in [0.5, 0.6) is 0 Å². The maximum Gasteiger partial charge on any atom is 0.408 e. The molecule has 2 aromatic rings. The second-order valence-corrected chi connectivity index (χ2v) is 8.57. The van der Waals surface area contributed by atoms with Gasteiger partial charge < -0.3 is 15.3 Å². The number of anilines is 2. The van der Waals surface area contributed by atoms with Crippen LogP contribution >= 0.6 is 15.9 Å². The van der Waals surface area contributed by atoms with Gasteiger partial charge >= 0.3 is 6.09 Å². The van der Waals surface area contributed by atoms with E-state index in [0.717, 1.165) is 24.3 Å². The fourth-order valence-corrected chi connectivity index (χ4v) is 4.79. The molecule has 2 aromatic carbocycles. The van der Waals surface area contributed by atoms with E-state index in [2.05, 4.69) is 46.1 Å². The Kier molecular flexibility index (Phi) is 7.59. The minimum Gasteiger partial charge on any atom is -0.465 e. The molecule has 0 fully saturated rings. The average molecular weight is 488 g/mol. The third-order valence-corrected chi connectivity index (χ3v) is 6.50. The minimum atomic E-state index is -1.15. The van der Waals surface area contributed by atoms with E-state index in [1.807, 2.05) is 42.5 Å². The molecule has 0 heterocycles. The zero-order chi connectivity index (χ0) is 22.4. The van der Waals surface area contributed by atoms with Crippen molar-refractivity contribution in [2.24, 2.45) is 0 Å². The number of nitrogens with one attached hydrogen (secondary N) is 1. The SMILES string of the molecule is CCN(CC)c1ccc(NC(=O)C2(N(CCBr)C(=O)O)CCc3ccccc3C2)cc1. The van der Waals surface area contributed by atoms with Crippen molar-refractivity contribution in [2.45, 2.75) is 38.6 Å². The van der Waals surface area contributed by atoms with Crippen LogP contribution in [-0.4, -0.2) is 52.5 Å². The standard InChI is InChI=1S/C24H30BrN3O3/c1-3-27(4-2)21-11-9-20(10-12-21)26-22(29)24(28(16-15-25)23(30)31)14-13-18-7-5-6-8-19(18)17-24/h5-12H,3-4,13-17H2,1-2H3,(H,26,29)(H,30,31). The number of rotatable bonds is 8. The van der Waals surface area contributed by atoms with Crippen molar-refractivity contribution in [3.8, 4) is 0 Å². The quantitative estimate of drug-likeness (QED) is 0.525. The summed E-state index contributed by atoms with van der Waals surface area (Å²) in [5, 5.41) is 13.4. The summed E-state index contributed by atoms with van der Waals surface area (Å²) in [6, 6.07) is 15.7. The molecular weight excluding hydrogens is 458 g/mol. The summed E-state index contributed by atoms with van der Waals surface area (Å²) in [5.74, 6) is -0.277. The highest BCUT2D eigenvalue weighted by Crippen LogP contribution is 2.35. The van der Waals surface area contributed by atoms with Crippen molar-refractivity contribution in [3.05, 3.63) is 59.7 Å². The van der Waals surface area contributed by atoms with Gasteiger partial charge in [0, 0.05) is 42.8 Å². The van der Waals surface area contributed by atoms with Gasteiger partial charge in [0.05, 0.1) is 0 Å². The summed E-state index contributed by atoms with van der Waals surface area (Å²) in [6.45, 7) is 6.27. The number of alkyl halides is 1. The summed E-state index contributed by atoms with van der Waals surface area (Å²) in [5.41, 5.74) is 2.82. The molecule has 2 N–H and O–H groups in total. The average Bonchev–Trinajstić information content (AvgIpc) is 2.78. The van der Waals surface area contributed by atoms with Crippen molar-refractivity contribution >= 4 is 39.3 Å². The van der Waals surface area contributed by atoms with Crippen LogP contribution in [-0.2, 0) is 17.6 Å². The molecule has 31 heavy (non-hydrogen) atoms. The summed E-state index contributed by atoms with van der Waals surface area (Å²) >= 11 is 3.35. The number of carboxylic acid groups (broad SMARTS) is 1. The number of halogens is 1. The molecule has 0 saturated heterocycles. The highest BCUT2D eigenvalue weighted by molar-refractivity contribution is 9.09. The number of carbonyl (C=O) groups is 2. The molecule has 0 saturated carbocycles. The number of hydrogen-bond acceptors (Lipinski definition) is 3. The summed E-state index contributed by atoms with van der Waals surface area (Å²) in [7, 11) is 0. The topological polar surface area (TPSA) is 72.9 Å². The molecule has 0 spiro atoms. The van der Waals surface area contributed by atoms with E-state index in [9.17, 15) is 14.7 Å². The van der Waals surface area contributed by atoms with Crippen molar-refractivity contribution < 1.29 is 14.7 Å². The fraction of sp³-hybridized carbons (Fsp3) is 0.417. The van der Waals surface area contributed by atoms with Gasteiger partial charge in [-0.15, -0.1) is 0 Å². The van der Waals surface area contributed by atoms with Gasteiger partial charge in [0.1, 0.15) is 5.54 Å². The smallest absolute Gasteiger partial charge is 0.408 e. The van der Waals surface area contributed by atoms with E-state index in [1.165, 1.54) is 10.5 Å². The monoisotopic (exact) mass is 487 g/mol. The predicted octanol–water partition coefficient (Wildman–Crippen LogP) is 4.77. The lowest BCUT2D eigenvalue weighted by atomic mass is 9.76. The molecule has 1 unspecified atom stereocenters. The molecule has 7 heteroatoms. The number of carbonyl (C=O) groups excluding carboxylic acids is 1. The van der Waals surface area contributed by atoms with Gasteiger partial charge in [-0.05, 0) is 62.1 Å². The first kappa shape index (κ1) is 23.1. The van der Waals surface area contributed by atoms with Crippen LogP contribution in [0.1, 0.15) is 31.4 Å². The molecule has 1 atom stereocenters. The molecule has 2 amide bonds. The summed E-state index contributed by atoms with van der Waals surface area (Å²) < 4.78 is 0. The van der Waals surface area contributed by atoms with E-state index >= 15 is 0 Å². The molecule has 0 aliphatic heterocycles. The number of benzene rings is 2. The van der Waals surface area contributed by atoms with Crippen LogP contribution in [0.2, 0.25) is 0 Å². The van der Waals surface area contributed by atoms with Crippen molar-refractivity contribution in [2.75, 3.05) is 35.2 Å². The van der Waals surface area contributed by atoms with E-state index in [4.69, 9.17) is 0 Å². The van der Waals surface area contributed by atoms with Crippen molar-refractivity contribution in [3.63, 3.8) is 0 Å². The van der Waals surface area contributed by atoms with E-state index in [-0.39, 0.29) is 12.5 Å². The van der Waals surface area contributed by atoms with Gasteiger partial charge in [-0.2, -0.15) is 0 Å². The maximum absolute atomic E-state index is 13.6. The highest BCUT2D eigenvalue weighted by atomic mass is 79.9. The molecule has 3 rings (SSSR count). The molecule has 0 radical (unpaired) electrons. The lowest BCUT2D eigenvalue weighted by Gasteiger charge is -2.44. The van der Waals surface area contributed by atoms with Crippen LogP contribution in [0.3, 0.4) is 0 Å². The van der Waals surface area contributed by atoms with E-state index < -0.39 is 11.6 Å². The van der Waals surface area contributed by atoms with Gasteiger partial charge in [-0.1, -0.05) is 40.2 Å². The zero-order valence-corrected chi connectivity index (χ0v) is 19.7. The van der Waals surface area contributed by atoms with Gasteiger partial charge in [-0.3, -0.25) is 9.69 Å². The Morgan fingerprint density at radius 2 is 1.71 bits per heavy atom. The van der Waals surface area contributed by atoms with Crippen LogP contribution in [0, 0.1) is 0 Å². The summed E-state index contributed by atoms with van der Waals surface area (Å²) in [4.78, 5) is 29.3. The molecule has 0 bridgehead atoms. The zero-order valence-electron chi connectivity index (χ0n) is 18.1. The number of fused-ring (bicyclic) bond motifs is 1. The van der Waals surface area contributed by atoms with Crippen LogP contribution in [0.15, 0.2) is 48.5 Å². The van der Waals surface area contributed by atoms with Crippen LogP contribution in [0.25, 0.3) is 0 Å². The normalized spacial score (nSPS) is 17.5. The molecule has 1 aliphatic carbocycles. The number of amides is 2. The van der Waals surface area contributed by atoms with Crippen molar-refractivity contribution in [1.29, 1.82) is 0 Å². The first-order chi connectivity index (χ1) is 14.9. The number of aryl methyl sites for hydroxylation is 1. The summed E-state index contributed by atoms with van der Waals surface area (Å²) in [6.07, 6.45) is 0.403. The molecule has 6 nitrogen and oxygen atoms in total. The lowest BCUT2D eigenvalue weighted by molar-refractivity contribution is -0.127. The lowest BCUT2D eigenvalue weighted by Crippen LogP contribution is -2.62. The highest BCUT2D eigenvalue weighted by Gasteiger charge is 2.48. The second kappa shape index (κ2) is 10.2. The van der Waals surface area contributed by atoms with Gasteiger partial charge in [0.25, 0.3) is 5.91 Å².